The largest absolute Gasteiger partial charge is 0.444 e. The monoisotopic (exact) mass is 472 g/mol. The highest BCUT2D eigenvalue weighted by molar-refractivity contribution is 6.14. The van der Waals surface area contributed by atoms with Crippen LogP contribution in [-0.4, -0.2) is 73.8 Å². The van der Waals surface area contributed by atoms with Crippen molar-refractivity contribution in [2.45, 2.75) is 39.5 Å². The Kier molecular flexibility index (Phi) is 8.70. The topological polar surface area (TPSA) is 104 Å². The van der Waals surface area contributed by atoms with Crippen molar-refractivity contribution < 1.29 is 32.2 Å². The second kappa shape index (κ2) is 10.9. The van der Waals surface area contributed by atoms with Crippen molar-refractivity contribution in [3.05, 3.63) is 35.1 Å². The average molecular weight is 473 g/mol. The van der Waals surface area contributed by atoms with Crippen LogP contribution >= 0.6 is 0 Å². The molecule has 0 aromatic rings. The van der Waals surface area contributed by atoms with Crippen molar-refractivity contribution in [2.75, 3.05) is 39.4 Å². The number of nitrogens with zero attached hydrogens (tertiary/aromatic N) is 1. The van der Waals surface area contributed by atoms with Crippen LogP contribution < -0.4 is 10.6 Å². The SMILES string of the molecule is CC1=C(C(=O)NCCOCC(F)(F)F)C=CC(=N)/C1=C\NCC1CN(C(=O)OC(C)(C)C)C1. The molecule has 3 N–H and O–H groups in total. The second-order valence-electron chi connectivity index (χ2n) is 8.93. The van der Waals surface area contributed by atoms with Crippen LogP contribution in [0.15, 0.2) is 35.1 Å². The zero-order valence-electron chi connectivity index (χ0n) is 19.3. The Bertz CT molecular complexity index is 851. The van der Waals surface area contributed by atoms with Gasteiger partial charge in [0.2, 0.25) is 0 Å². The predicted molar refractivity (Wildman–Crippen MR) is 117 cm³/mol. The summed E-state index contributed by atoms with van der Waals surface area (Å²) in [5.74, 6) is -0.212. The third-order valence-electron chi connectivity index (χ3n) is 4.82. The Morgan fingerprint density at radius 1 is 1.24 bits per heavy atom. The predicted octanol–water partition coefficient (Wildman–Crippen LogP) is 2.93. The van der Waals surface area contributed by atoms with E-state index >= 15 is 0 Å². The number of nitrogens with one attached hydrogen (secondary N) is 3. The summed E-state index contributed by atoms with van der Waals surface area (Å²) < 4.78 is 46.0. The first kappa shape index (κ1) is 26.4. The van der Waals surface area contributed by atoms with Crippen molar-refractivity contribution in [3.8, 4) is 0 Å². The molecule has 0 saturated carbocycles. The first-order valence-corrected chi connectivity index (χ1v) is 10.6. The molecule has 1 fully saturated rings. The van der Waals surface area contributed by atoms with E-state index in [2.05, 4.69) is 15.4 Å². The van der Waals surface area contributed by atoms with Crippen molar-refractivity contribution in [1.29, 1.82) is 5.41 Å². The van der Waals surface area contributed by atoms with Crippen LogP contribution in [0.25, 0.3) is 0 Å². The normalized spacial score (nSPS) is 18.5. The molecule has 184 valence electrons. The maximum Gasteiger partial charge on any atom is 0.411 e. The third kappa shape index (κ3) is 8.56. The fraction of sp³-hybridized carbons (Fsp3) is 0.591. The highest BCUT2D eigenvalue weighted by Gasteiger charge is 2.33. The van der Waals surface area contributed by atoms with Crippen LogP contribution in [0.2, 0.25) is 0 Å². The lowest BCUT2D eigenvalue weighted by atomic mass is 9.92. The van der Waals surface area contributed by atoms with Crippen LogP contribution in [0.4, 0.5) is 18.0 Å². The number of amides is 2. The van der Waals surface area contributed by atoms with E-state index in [4.69, 9.17) is 10.1 Å². The third-order valence-corrected chi connectivity index (χ3v) is 4.82. The Labute approximate surface area is 191 Å². The van der Waals surface area contributed by atoms with Crippen LogP contribution in [0.3, 0.4) is 0 Å². The minimum absolute atomic E-state index is 0.0654. The molecule has 11 heteroatoms. The first-order chi connectivity index (χ1) is 15.3. The number of carbonyl (C=O) groups is 2. The summed E-state index contributed by atoms with van der Waals surface area (Å²) in [5, 5.41) is 13.8. The minimum atomic E-state index is -4.41. The molecule has 0 atom stereocenters. The Morgan fingerprint density at radius 2 is 1.91 bits per heavy atom. The summed E-state index contributed by atoms with van der Waals surface area (Å²) in [4.78, 5) is 26.0. The molecule has 1 heterocycles. The van der Waals surface area contributed by atoms with Gasteiger partial charge in [0.25, 0.3) is 5.91 Å². The van der Waals surface area contributed by atoms with E-state index in [0.717, 1.165) is 0 Å². The molecule has 33 heavy (non-hydrogen) atoms. The number of ether oxygens (including phenoxy) is 2. The fourth-order valence-electron chi connectivity index (χ4n) is 3.18. The van der Waals surface area contributed by atoms with E-state index in [1.807, 2.05) is 20.8 Å². The van der Waals surface area contributed by atoms with Gasteiger partial charge in [-0.25, -0.2) is 4.79 Å². The molecular formula is C22H31F3N4O4. The maximum atomic E-state index is 12.4. The summed E-state index contributed by atoms with van der Waals surface area (Å²) in [6.07, 6.45) is -0.0869. The van der Waals surface area contributed by atoms with Gasteiger partial charge in [0.05, 0.1) is 12.3 Å². The fourth-order valence-corrected chi connectivity index (χ4v) is 3.18. The summed E-state index contributed by atoms with van der Waals surface area (Å²) >= 11 is 0. The molecular weight excluding hydrogens is 441 g/mol. The van der Waals surface area contributed by atoms with E-state index in [9.17, 15) is 22.8 Å². The van der Waals surface area contributed by atoms with Crippen molar-refractivity contribution in [3.63, 3.8) is 0 Å². The molecule has 1 aliphatic carbocycles. The smallest absolute Gasteiger partial charge is 0.411 e. The van der Waals surface area contributed by atoms with Crippen LogP contribution in [0.1, 0.15) is 27.7 Å². The van der Waals surface area contributed by atoms with Gasteiger partial charge in [0.15, 0.2) is 0 Å². The zero-order chi connectivity index (χ0) is 24.8. The van der Waals surface area contributed by atoms with Gasteiger partial charge < -0.3 is 30.4 Å². The van der Waals surface area contributed by atoms with Gasteiger partial charge >= 0.3 is 12.3 Å². The van der Waals surface area contributed by atoms with Crippen molar-refractivity contribution in [2.24, 2.45) is 5.92 Å². The summed E-state index contributed by atoms with van der Waals surface area (Å²) in [5.41, 5.74) is 1.14. The number of carbonyl (C=O) groups excluding carboxylic acids is 2. The molecule has 0 aromatic carbocycles. The van der Waals surface area contributed by atoms with E-state index in [1.165, 1.54) is 12.2 Å². The molecule has 1 saturated heterocycles. The summed E-state index contributed by atoms with van der Waals surface area (Å²) in [6.45, 7) is 7.19. The molecule has 0 spiro atoms. The van der Waals surface area contributed by atoms with E-state index in [0.29, 0.717) is 36.4 Å². The highest BCUT2D eigenvalue weighted by Crippen LogP contribution is 2.23. The van der Waals surface area contributed by atoms with Crippen molar-refractivity contribution in [1.82, 2.24) is 15.5 Å². The molecule has 1 aliphatic heterocycles. The first-order valence-electron chi connectivity index (χ1n) is 10.6. The lowest BCUT2D eigenvalue weighted by Crippen LogP contribution is -2.54. The molecule has 2 aliphatic rings. The van der Waals surface area contributed by atoms with E-state index in [-0.39, 0.29) is 30.9 Å². The lowest BCUT2D eigenvalue weighted by Gasteiger charge is -2.39. The molecule has 2 rings (SSSR count). The summed E-state index contributed by atoms with van der Waals surface area (Å²) in [6, 6.07) is 0. The highest BCUT2D eigenvalue weighted by atomic mass is 19.4. The molecule has 0 radical (unpaired) electrons. The maximum absolute atomic E-state index is 12.4. The molecule has 0 unspecified atom stereocenters. The van der Waals surface area contributed by atoms with Gasteiger partial charge in [0, 0.05) is 49.4 Å². The van der Waals surface area contributed by atoms with Gasteiger partial charge in [-0.05, 0) is 45.4 Å². The lowest BCUT2D eigenvalue weighted by molar-refractivity contribution is -0.173. The number of rotatable bonds is 8. The van der Waals surface area contributed by atoms with Gasteiger partial charge in [-0.3, -0.25) is 4.79 Å². The van der Waals surface area contributed by atoms with E-state index < -0.39 is 24.3 Å². The van der Waals surface area contributed by atoms with Gasteiger partial charge in [-0.2, -0.15) is 13.2 Å². The molecule has 2 amide bonds. The zero-order valence-corrected chi connectivity index (χ0v) is 19.3. The van der Waals surface area contributed by atoms with Gasteiger partial charge in [0.1, 0.15) is 12.2 Å². The second-order valence-corrected chi connectivity index (χ2v) is 8.93. The van der Waals surface area contributed by atoms with Crippen molar-refractivity contribution >= 4 is 17.7 Å². The standard InChI is InChI=1S/C22H31F3N4O4/c1-14-16(19(30)28-7-8-32-13-22(23,24)25)5-6-18(26)17(14)10-27-9-15-11-29(12-15)20(31)33-21(2,3)4/h5-6,10,15,26-27H,7-9,11-13H2,1-4H3,(H,28,30)/b17-10-,26-18?. The van der Waals surface area contributed by atoms with E-state index in [1.54, 1.807) is 18.0 Å². The molecule has 8 nitrogen and oxygen atoms in total. The number of allylic oxidation sites excluding steroid dienone is 3. The Balaban J connectivity index is 1.82. The minimum Gasteiger partial charge on any atom is -0.444 e. The Morgan fingerprint density at radius 3 is 2.52 bits per heavy atom. The number of hydrogen-bond acceptors (Lipinski definition) is 6. The van der Waals surface area contributed by atoms with Crippen LogP contribution in [0.5, 0.6) is 0 Å². The van der Waals surface area contributed by atoms with Crippen LogP contribution in [0, 0.1) is 11.3 Å². The average Bonchev–Trinajstić information content (AvgIpc) is 2.62. The van der Waals surface area contributed by atoms with Crippen LogP contribution in [-0.2, 0) is 14.3 Å². The number of halogens is 3. The molecule has 0 bridgehead atoms. The number of hydrogen-bond donors (Lipinski definition) is 3. The number of alkyl halides is 3. The molecule has 0 aromatic heterocycles. The summed E-state index contributed by atoms with van der Waals surface area (Å²) in [7, 11) is 0. The van der Waals surface area contributed by atoms with Gasteiger partial charge in [-0.15, -0.1) is 0 Å². The quantitative estimate of drug-likeness (QED) is 0.472. The Hall–Kier alpha value is -2.82. The van der Waals surface area contributed by atoms with Gasteiger partial charge in [-0.1, -0.05) is 0 Å². The number of likely N-dealkylation sites (tertiary alicyclic amines) is 1.